The van der Waals surface area contributed by atoms with Crippen LogP contribution >= 0.6 is 0 Å². The number of carbonyl (C=O) groups excluding carboxylic acids is 2. The van der Waals surface area contributed by atoms with Gasteiger partial charge in [-0.3, -0.25) is 4.79 Å². The summed E-state index contributed by atoms with van der Waals surface area (Å²) in [5.41, 5.74) is 1.35. The molecule has 0 aromatic heterocycles. The number of benzene rings is 3. The first-order chi connectivity index (χ1) is 13.2. The molecule has 3 aromatic rings. The summed E-state index contributed by atoms with van der Waals surface area (Å²) in [5, 5.41) is 0. The zero-order valence-electron chi connectivity index (χ0n) is 15.0. The second kappa shape index (κ2) is 6.72. The Hall–Kier alpha value is -3.40. The monoisotopic (exact) mass is 357 g/mol. The number of hydrogen-bond acceptors (Lipinski definition) is 4. The fourth-order valence-electron chi connectivity index (χ4n) is 3.80. The minimum absolute atomic E-state index is 0.257. The minimum Gasteiger partial charge on any atom is -0.467 e. The van der Waals surface area contributed by atoms with Crippen LogP contribution in [-0.4, -0.2) is 18.9 Å². The lowest BCUT2D eigenvalue weighted by Gasteiger charge is -2.36. The Balaban J connectivity index is 1.97. The van der Waals surface area contributed by atoms with E-state index in [9.17, 15) is 9.59 Å². The predicted molar refractivity (Wildman–Crippen MR) is 104 cm³/mol. The van der Waals surface area contributed by atoms with Gasteiger partial charge in [-0.2, -0.15) is 0 Å². The van der Waals surface area contributed by atoms with Gasteiger partial charge in [0.1, 0.15) is 0 Å². The van der Waals surface area contributed by atoms with Crippen molar-refractivity contribution in [2.24, 2.45) is 0 Å². The SMILES string of the molecule is COC(=O)C1(c2ccccc2)C(=O)c2ccccc2N1Cc1ccccc1. The van der Waals surface area contributed by atoms with Crippen molar-refractivity contribution >= 4 is 17.4 Å². The first kappa shape index (κ1) is 17.0. The lowest BCUT2D eigenvalue weighted by Crippen LogP contribution is -2.54. The van der Waals surface area contributed by atoms with Crippen molar-refractivity contribution in [1.29, 1.82) is 0 Å². The molecule has 134 valence electrons. The number of anilines is 1. The van der Waals surface area contributed by atoms with E-state index in [1.54, 1.807) is 18.2 Å². The third kappa shape index (κ3) is 2.53. The van der Waals surface area contributed by atoms with Crippen molar-refractivity contribution in [3.8, 4) is 0 Å². The average Bonchev–Trinajstić information content (AvgIpc) is 2.98. The third-order valence-electron chi connectivity index (χ3n) is 5.03. The Morgan fingerprint density at radius 3 is 2.15 bits per heavy atom. The molecule has 0 radical (unpaired) electrons. The summed E-state index contributed by atoms with van der Waals surface area (Å²) >= 11 is 0. The van der Waals surface area contributed by atoms with Gasteiger partial charge in [0.2, 0.25) is 11.3 Å². The number of Topliss-reactive ketones (excluding diaryl/α,β-unsaturated/α-hetero) is 1. The average molecular weight is 357 g/mol. The Kier molecular flexibility index (Phi) is 4.24. The summed E-state index contributed by atoms with van der Waals surface area (Å²) in [6.45, 7) is 0.410. The van der Waals surface area contributed by atoms with Crippen LogP contribution in [0.5, 0.6) is 0 Å². The van der Waals surface area contributed by atoms with Crippen molar-refractivity contribution in [3.63, 3.8) is 0 Å². The van der Waals surface area contributed by atoms with Crippen molar-refractivity contribution in [3.05, 3.63) is 102 Å². The highest BCUT2D eigenvalue weighted by atomic mass is 16.5. The normalized spacial score (nSPS) is 18.3. The molecule has 0 bridgehead atoms. The molecule has 0 N–H and O–H groups in total. The van der Waals surface area contributed by atoms with Crippen LogP contribution < -0.4 is 4.90 Å². The topological polar surface area (TPSA) is 46.6 Å². The summed E-state index contributed by atoms with van der Waals surface area (Å²) in [7, 11) is 1.32. The fraction of sp³-hybridized carbons (Fsp3) is 0.130. The molecule has 1 aliphatic rings. The highest BCUT2D eigenvalue weighted by Crippen LogP contribution is 2.46. The van der Waals surface area contributed by atoms with Crippen molar-refractivity contribution in [2.75, 3.05) is 12.0 Å². The molecule has 4 nitrogen and oxygen atoms in total. The number of fused-ring (bicyclic) bond motifs is 1. The van der Waals surface area contributed by atoms with Gasteiger partial charge in [-0.05, 0) is 23.3 Å². The zero-order chi connectivity index (χ0) is 18.9. The number of methoxy groups -OCH3 is 1. The molecule has 1 unspecified atom stereocenters. The van der Waals surface area contributed by atoms with Crippen LogP contribution in [0.15, 0.2) is 84.9 Å². The maximum atomic E-state index is 13.6. The summed E-state index contributed by atoms with van der Waals surface area (Å²) < 4.78 is 5.16. The second-order valence-corrected chi connectivity index (χ2v) is 6.49. The zero-order valence-corrected chi connectivity index (χ0v) is 15.0. The Labute approximate surface area is 158 Å². The van der Waals surface area contributed by atoms with E-state index in [1.807, 2.05) is 71.6 Å². The van der Waals surface area contributed by atoms with Crippen LogP contribution in [0, 0.1) is 0 Å². The maximum absolute atomic E-state index is 13.6. The smallest absolute Gasteiger partial charge is 0.344 e. The second-order valence-electron chi connectivity index (χ2n) is 6.49. The van der Waals surface area contributed by atoms with Crippen molar-refractivity contribution in [1.82, 2.24) is 0 Å². The third-order valence-corrected chi connectivity index (χ3v) is 5.03. The fourth-order valence-corrected chi connectivity index (χ4v) is 3.80. The standard InChI is InChI=1S/C23H19NO3/c1-27-22(26)23(18-12-6-3-7-13-18)21(25)19-14-8-9-15-20(19)24(23)16-17-10-4-2-5-11-17/h2-15H,16H2,1H3. The quantitative estimate of drug-likeness (QED) is 0.524. The minimum atomic E-state index is -1.53. The molecule has 3 aromatic carbocycles. The van der Waals surface area contributed by atoms with Gasteiger partial charge in [-0.1, -0.05) is 72.8 Å². The number of carbonyl (C=O) groups is 2. The number of ether oxygens (including phenoxy) is 1. The molecule has 1 aliphatic heterocycles. The van der Waals surface area contributed by atoms with Gasteiger partial charge >= 0.3 is 5.97 Å². The maximum Gasteiger partial charge on any atom is 0.344 e. The highest BCUT2D eigenvalue weighted by Gasteiger charge is 2.59. The lowest BCUT2D eigenvalue weighted by atomic mass is 9.84. The van der Waals surface area contributed by atoms with E-state index >= 15 is 0 Å². The molecule has 0 saturated heterocycles. The van der Waals surface area contributed by atoms with Crippen LogP contribution in [0.4, 0.5) is 5.69 Å². The van der Waals surface area contributed by atoms with E-state index in [1.165, 1.54) is 7.11 Å². The van der Waals surface area contributed by atoms with Gasteiger partial charge in [-0.25, -0.2) is 4.79 Å². The van der Waals surface area contributed by atoms with Crippen LogP contribution in [0.25, 0.3) is 0 Å². The Morgan fingerprint density at radius 1 is 0.889 bits per heavy atom. The van der Waals surface area contributed by atoms with Gasteiger partial charge in [0, 0.05) is 17.8 Å². The van der Waals surface area contributed by atoms with Gasteiger partial charge in [0.25, 0.3) is 0 Å². The van der Waals surface area contributed by atoms with Crippen molar-refractivity contribution in [2.45, 2.75) is 12.1 Å². The number of ketones is 1. The Bertz CT molecular complexity index is 985. The van der Waals surface area contributed by atoms with E-state index in [2.05, 4.69) is 0 Å². The molecule has 0 fully saturated rings. The molecule has 4 rings (SSSR count). The molecule has 1 atom stereocenters. The van der Waals surface area contributed by atoms with Crippen LogP contribution in [0.2, 0.25) is 0 Å². The lowest BCUT2D eigenvalue weighted by molar-refractivity contribution is -0.145. The van der Waals surface area contributed by atoms with Gasteiger partial charge in [0.15, 0.2) is 0 Å². The van der Waals surface area contributed by atoms with Gasteiger partial charge in [-0.15, -0.1) is 0 Å². The molecule has 0 saturated carbocycles. The van der Waals surface area contributed by atoms with E-state index in [-0.39, 0.29) is 5.78 Å². The first-order valence-corrected chi connectivity index (χ1v) is 8.79. The highest BCUT2D eigenvalue weighted by molar-refractivity contribution is 6.25. The molecular weight excluding hydrogens is 338 g/mol. The summed E-state index contributed by atoms with van der Waals surface area (Å²) in [6.07, 6.45) is 0. The summed E-state index contributed by atoms with van der Waals surface area (Å²) in [4.78, 5) is 28.6. The summed E-state index contributed by atoms with van der Waals surface area (Å²) in [6, 6.07) is 26.3. The predicted octanol–water partition coefficient (Wildman–Crippen LogP) is 3.96. The van der Waals surface area contributed by atoms with E-state index in [0.29, 0.717) is 17.7 Å². The number of hydrogen-bond donors (Lipinski definition) is 0. The number of rotatable bonds is 4. The molecule has 4 heteroatoms. The molecular formula is C23H19NO3. The van der Waals surface area contributed by atoms with E-state index in [4.69, 9.17) is 4.74 Å². The largest absolute Gasteiger partial charge is 0.467 e. The number of para-hydroxylation sites is 1. The number of esters is 1. The molecule has 27 heavy (non-hydrogen) atoms. The van der Waals surface area contributed by atoms with Crippen LogP contribution in [0.3, 0.4) is 0 Å². The molecule has 1 heterocycles. The van der Waals surface area contributed by atoms with Crippen LogP contribution in [-0.2, 0) is 21.6 Å². The van der Waals surface area contributed by atoms with Gasteiger partial charge in [0.05, 0.1) is 7.11 Å². The van der Waals surface area contributed by atoms with Gasteiger partial charge < -0.3 is 9.64 Å². The Morgan fingerprint density at radius 2 is 1.48 bits per heavy atom. The molecule has 0 spiro atoms. The number of nitrogens with zero attached hydrogens (tertiary/aromatic N) is 1. The van der Waals surface area contributed by atoms with E-state index in [0.717, 1.165) is 11.3 Å². The molecule has 0 aliphatic carbocycles. The summed E-state index contributed by atoms with van der Waals surface area (Å²) in [5.74, 6) is -0.835. The first-order valence-electron chi connectivity index (χ1n) is 8.79. The van der Waals surface area contributed by atoms with Crippen molar-refractivity contribution < 1.29 is 14.3 Å². The molecule has 0 amide bonds. The van der Waals surface area contributed by atoms with E-state index < -0.39 is 11.5 Å². The van der Waals surface area contributed by atoms with Crippen LogP contribution in [0.1, 0.15) is 21.5 Å².